The van der Waals surface area contributed by atoms with E-state index in [9.17, 15) is 14.4 Å². The van der Waals surface area contributed by atoms with Crippen LogP contribution in [0.25, 0.3) is 11.1 Å². The normalized spacial score (nSPS) is 19.7. The second kappa shape index (κ2) is 10.7. The Kier molecular flexibility index (Phi) is 7.47. The first-order chi connectivity index (χ1) is 16.4. The zero-order chi connectivity index (χ0) is 24.1. The Morgan fingerprint density at radius 1 is 1.09 bits per heavy atom. The third kappa shape index (κ3) is 5.39. The number of fused-ring (bicyclic) bond motifs is 3. The standard InChI is InChI=1S/C26H30N2O6/c1-16(7-6-12-23(29)30)27-25(31)24-22(13-14-33-24)28-26(32)34-15-21-19-10-4-2-8-17(19)18-9-3-5-11-20(18)21/h2-5,8-11,16,21-22,24H,6-7,12-15H2,1H3,(H,27,31)(H,28,32)(H,29,30)/t16?,22-,24+/m1/s1. The molecule has 2 aromatic carbocycles. The van der Waals surface area contributed by atoms with E-state index in [0.717, 1.165) is 22.3 Å². The van der Waals surface area contributed by atoms with E-state index in [1.165, 1.54) is 0 Å². The zero-order valence-electron chi connectivity index (χ0n) is 19.2. The number of alkyl carbamates (subject to hydrolysis) is 1. The quantitative estimate of drug-likeness (QED) is 0.522. The average molecular weight is 467 g/mol. The smallest absolute Gasteiger partial charge is 0.407 e. The lowest BCUT2D eigenvalue weighted by atomic mass is 9.98. The number of carbonyl (C=O) groups is 3. The van der Waals surface area contributed by atoms with Crippen LogP contribution in [0.3, 0.4) is 0 Å². The van der Waals surface area contributed by atoms with E-state index < -0.39 is 24.2 Å². The first-order valence-electron chi connectivity index (χ1n) is 11.7. The molecule has 1 saturated heterocycles. The fourth-order valence-corrected chi connectivity index (χ4v) is 4.74. The number of rotatable bonds is 9. The molecule has 1 aliphatic carbocycles. The maximum Gasteiger partial charge on any atom is 0.407 e. The maximum atomic E-state index is 12.6. The van der Waals surface area contributed by atoms with Crippen LogP contribution < -0.4 is 10.6 Å². The topological polar surface area (TPSA) is 114 Å². The van der Waals surface area contributed by atoms with Crippen LogP contribution in [-0.4, -0.2) is 54.5 Å². The van der Waals surface area contributed by atoms with Crippen molar-refractivity contribution < 1.29 is 29.0 Å². The summed E-state index contributed by atoms with van der Waals surface area (Å²) >= 11 is 0. The van der Waals surface area contributed by atoms with Crippen molar-refractivity contribution in [3.63, 3.8) is 0 Å². The third-order valence-electron chi connectivity index (χ3n) is 6.41. The van der Waals surface area contributed by atoms with Gasteiger partial charge in [0.25, 0.3) is 5.91 Å². The first-order valence-corrected chi connectivity index (χ1v) is 11.7. The van der Waals surface area contributed by atoms with Crippen molar-refractivity contribution in [3.8, 4) is 11.1 Å². The zero-order valence-corrected chi connectivity index (χ0v) is 19.2. The minimum absolute atomic E-state index is 0.0382. The van der Waals surface area contributed by atoms with Gasteiger partial charge in [0.15, 0.2) is 6.10 Å². The first kappa shape index (κ1) is 23.8. The van der Waals surface area contributed by atoms with Crippen LogP contribution in [-0.2, 0) is 19.1 Å². The van der Waals surface area contributed by atoms with Crippen molar-refractivity contribution >= 4 is 18.0 Å². The molecule has 8 nitrogen and oxygen atoms in total. The lowest BCUT2D eigenvalue weighted by molar-refractivity contribution is -0.137. The SMILES string of the molecule is CC(CCCC(=O)O)NC(=O)[C@H]1OCC[C@H]1NC(=O)OCC1c2ccccc2-c2ccccc21. The summed E-state index contributed by atoms with van der Waals surface area (Å²) in [6.45, 7) is 2.38. The summed E-state index contributed by atoms with van der Waals surface area (Å²) in [7, 11) is 0. The summed E-state index contributed by atoms with van der Waals surface area (Å²) in [6, 6.07) is 15.6. The number of carbonyl (C=O) groups excluding carboxylic acids is 2. The van der Waals surface area contributed by atoms with Gasteiger partial charge >= 0.3 is 12.1 Å². The number of nitrogens with one attached hydrogen (secondary N) is 2. The van der Waals surface area contributed by atoms with Gasteiger partial charge in [-0.1, -0.05) is 48.5 Å². The van der Waals surface area contributed by atoms with Gasteiger partial charge < -0.3 is 25.2 Å². The molecule has 0 spiro atoms. The van der Waals surface area contributed by atoms with Crippen LogP contribution in [0.2, 0.25) is 0 Å². The molecule has 180 valence electrons. The number of benzene rings is 2. The van der Waals surface area contributed by atoms with Crippen LogP contribution in [0, 0.1) is 0 Å². The highest BCUT2D eigenvalue weighted by molar-refractivity contribution is 5.83. The predicted molar refractivity (Wildman–Crippen MR) is 125 cm³/mol. The summed E-state index contributed by atoms with van der Waals surface area (Å²) < 4.78 is 11.2. The van der Waals surface area contributed by atoms with E-state index in [2.05, 4.69) is 34.9 Å². The summed E-state index contributed by atoms with van der Waals surface area (Å²) in [4.78, 5) is 35.9. The van der Waals surface area contributed by atoms with E-state index in [-0.39, 0.29) is 30.9 Å². The lowest BCUT2D eigenvalue weighted by Crippen LogP contribution is -2.50. The van der Waals surface area contributed by atoms with Crippen molar-refractivity contribution in [2.45, 2.75) is 56.7 Å². The Bertz CT molecular complexity index is 1010. The van der Waals surface area contributed by atoms with Gasteiger partial charge in [0.1, 0.15) is 6.61 Å². The van der Waals surface area contributed by atoms with Gasteiger partial charge in [-0.05, 0) is 48.4 Å². The van der Waals surface area contributed by atoms with Crippen LogP contribution in [0.15, 0.2) is 48.5 Å². The van der Waals surface area contributed by atoms with Crippen molar-refractivity contribution in [3.05, 3.63) is 59.7 Å². The van der Waals surface area contributed by atoms with Crippen molar-refractivity contribution in [2.75, 3.05) is 13.2 Å². The fraction of sp³-hybridized carbons (Fsp3) is 0.423. The fourth-order valence-electron chi connectivity index (χ4n) is 4.74. The number of ether oxygens (including phenoxy) is 2. The monoisotopic (exact) mass is 466 g/mol. The van der Waals surface area contributed by atoms with Gasteiger partial charge in [-0.25, -0.2) is 4.79 Å². The molecule has 0 aromatic heterocycles. The molecule has 1 fully saturated rings. The largest absolute Gasteiger partial charge is 0.481 e. The Hall–Kier alpha value is -3.39. The van der Waals surface area contributed by atoms with Crippen LogP contribution in [0.1, 0.15) is 49.7 Å². The molecule has 34 heavy (non-hydrogen) atoms. The lowest BCUT2D eigenvalue weighted by Gasteiger charge is -2.22. The highest BCUT2D eigenvalue weighted by atomic mass is 16.6. The Labute approximate surface area is 198 Å². The molecule has 2 aromatic rings. The summed E-state index contributed by atoms with van der Waals surface area (Å²) in [5.41, 5.74) is 4.58. The molecule has 3 atom stereocenters. The predicted octanol–water partition coefficient (Wildman–Crippen LogP) is 3.44. The number of amides is 2. The van der Waals surface area contributed by atoms with Crippen LogP contribution >= 0.6 is 0 Å². The molecular formula is C26H30N2O6. The second-order valence-electron chi connectivity index (χ2n) is 8.85. The molecule has 8 heteroatoms. The van der Waals surface area contributed by atoms with E-state index in [1.54, 1.807) is 0 Å². The molecule has 3 N–H and O–H groups in total. The van der Waals surface area contributed by atoms with Gasteiger partial charge in [-0.15, -0.1) is 0 Å². The number of hydrogen-bond donors (Lipinski definition) is 3. The molecule has 0 saturated carbocycles. The highest BCUT2D eigenvalue weighted by Crippen LogP contribution is 2.44. The van der Waals surface area contributed by atoms with Gasteiger partial charge in [0.05, 0.1) is 6.04 Å². The molecule has 0 bridgehead atoms. The van der Waals surface area contributed by atoms with Crippen LogP contribution in [0.4, 0.5) is 4.79 Å². The molecule has 4 rings (SSSR count). The number of carboxylic acids is 1. The minimum Gasteiger partial charge on any atom is -0.481 e. The van der Waals surface area contributed by atoms with Crippen LogP contribution in [0.5, 0.6) is 0 Å². The molecule has 2 amide bonds. The summed E-state index contributed by atoms with van der Waals surface area (Å²) in [5.74, 6) is -1.21. The van der Waals surface area contributed by atoms with Gasteiger partial charge in [0.2, 0.25) is 0 Å². The average Bonchev–Trinajstić information content (AvgIpc) is 3.40. The van der Waals surface area contributed by atoms with Crippen molar-refractivity contribution in [1.29, 1.82) is 0 Å². The van der Waals surface area contributed by atoms with Gasteiger partial charge in [-0.3, -0.25) is 9.59 Å². The minimum atomic E-state index is -0.856. The molecule has 1 heterocycles. The maximum absolute atomic E-state index is 12.6. The summed E-state index contributed by atoms with van der Waals surface area (Å²) in [6.07, 6.45) is 0.216. The van der Waals surface area contributed by atoms with E-state index in [1.807, 2.05) is 31.2 Å². The number of carboxylic acid groups (broad SMARTS) is 1. The second-order valence-corrected chi connectivity index (χ2v) is 8.85. The number of aliphatic carboxylic acids is 1. The third-order valence-corrected chi connectivity index (χ3v) is 6.41. The van der Waals surface area contributed by atoms with Crippen molar-refractivity contribution in [2.24, 2.45) is 0 Å². The van der Waals surface area contributed by atoms with E-state index in [4.69, 9.17) is 14.6 Å². The molecule has 1 unspecified atom stereocenters. The molecule has 0 radical (unpaired) electrons. The van der Waals surface area contributed by atoms with E-state index in [0.29, 0.717) is 25.9 Å². The van der Waals surface area contributed by atoms with E-state index >= 15 is 0 Å². The van der Waals surface area contributed by atoms with Crippen molar-refractivity contribution in [1.82, 2.24) is 10.6 Å². The van der Waals surface area contributed by atoms with Gasteiger partial charge in [-0.2, -0.15) is 0 Å². The van der Waals surface area contributed by atoms with Gasteiger partial charge in [0, 0.05) is 25.0 Å². The molecule has 2 aliphatic rings. The molecular weight excluding hydrogens is 436 g/mol. The molecule has 1 aliphatic heterocycles. The Morgan fingerprint density at radius 2 is 1.74 bits per heavy atom. The summed E-state index contributed by atoms with van der Waals surface area (Å²) in [5, 5.41) is 14.4. The Balaban J connectivity index is 1.30. The highest BCUT2D eigenvalue weighted by Gasteiger charge is 2.36. The Morgan fingerprint density at radius 3 is 2.38 bits per heavy atom. The number of hydrogen-bond acceptors (Lipinski definition) is 5.